The molecule has 0 amide bonds. The summed E-state index contributed by atoms with van der Waals surface area (Å²) in [6.07, 6.45) is 0. The number of hydrogen-bond donors (Lipinski definition) is 0. The first kappa shape index (κ1) is 31.6. The molecule has 2 nitrogen and oxygen atoms in total. The van der Waals surface area contributed by atoms with E-state index in [1.54, 1.807) is 0 Å². The second kappa shape index (κ2) is 12.9. The van der Waals surface area contributed by atoms with Crippen LogP contribution in [0.5, 0.6) is 0 Å². The van der Waals surface area contributed by atoms with Gasteiger partial charge >= 0.3 is 0 Å². The normalized spacial score (nSPS) is 11.6. The number of thiophene rings is 1. The van der Waals surface area contributed by atoms with Crippen LogP contribution in [0.2, 0.25) is 0 Å². The Balaban J connectivity index is 1.06. The van der Waals surface area contributed by atoms with E-state index in [2.05, 4.69) is 193 Å². The summed E-state index contributed by atoms with van der Waals surface area (Å²) in [5.74, 6) is 0. The van der Waals surface area contributed by atoms with E-state index < -0.39 is 0 Å². The minimum absolute atomic E-state index is 0.907. The van der Waals surface area contributed by atoms with Crippen molar-refractivity contribution < 1.29 is 4.42 Å². The Kier molecular flexibility index (Phi) is 7.39. The first-order valence-corrected chi connectivity index (χ1v) is 19.5. The fourth-order valence-electron chi connectivity index (χ4n) is 8.23. The van der Waals surface area contributed by atoms with E-state index in [0.29, 0.717) is 0 Å². The molecule has 0 aliphatic heterocycles. The Morgan fingerprint density at radius 1 is 0.364 bits per heavy atom. The number of fused-ring (bicyclic) bond motifs is 7. The molecular formula is C52H33NOS. The first-order valence-electron chi connectivity index (χ1n) is 18.7. The zero-order valence-corrected chi connectivity index (χ0v) is 30.6. The average molecular weight is 720 g/mol. The molecule has 258 valence electrons. The molecule has 11 rings (SSSR count). The van der Waals surface area contributed by atoms with Crippen LogP contribution in [0, 0.1) is 0 Å². The molecule has 0 spiro atoms. The standard InChI is InChI=1S/C52H33NOS/c1-2-12-36-31-38(26-25-34(36)11-1)37-13-7-15-41(32-37)53(40-29-27-35(28-30-40)44-20-9-21-46-45-17-3-5-22-48(45)54-52(44)46)42-16-8-14-39(33-42)43-19-10-24-50-51(43)47-18-4-6-23-49(47)55-50/h1-33H. The van der Waals surface area contributed by atoms with E-state index in [0.717, 1.165) is 50.1 Å². The van der Waals surface area contributed by atoms with Gasteiger partial charge in [0, 0.05) is 53.6 Å². The summed E-state index contributed by atoms with van der Waals surface area (Å²) in [6.45, 7) is 0. The largest absolute Gasteiger partial charge is 0.455 e. The fraction of sp³-hybridized carbons (Fsp3) is 0. The molecule has 0 bridgehead atoms. The molecular weight excluding hydrogens is 687 g/mol. The van der Waals surface area contributed by atoms with Crippen molar-refractivity contribution in [3.05, 3.63) is 200 Å². The highest BCUT2D eigenvalue weighted by atomic mass is 32.1. The smallest absolute Gasteiger partial charge is 0.143 e. The molecule has 0 unspecified atom stereocenters. The van der Waals surface area contributed by atoms with Crippen LogP contribution in [0.25, 0.3) is 86.3 Å². The molecule has 0 aliphatic carbocycles. The molecule has 9 aromatic carbocycles. The fourth-order valence-corrected chi connectivity index (χ4v) is 9.37. The van der Waals surface area contributed by atoms with E-state index in [4.69, 9.17) is 4.42 Å². The van der Waals surface area contributed by atoms with Gasteiger partial charge in [0.25, 0.3) is 0 Å². The lowest BCUT2D eigenvalue weighted by molar-refractivity contribution is 0.670. The maximum absolute atomic E-state index is 6.43. The summed E-state index contributed by atoms with van der Waals surface area (Å²) in [4.78, 5) is 2.38. The Labute approximate surface area is 322 Å². The minimum Gasteiger partial charge on any atom is -0.455 e. The zero-order chi connectivity index (χ0) is 36.3. The molecule has 0 saturated carbocycles. The monoisotopic (exact) mass is 719 g/mol. The SMILES string of the molecule is c1cc(-c2ccc3ccccc3c2)cc(N(c2ccc(-c3cccc4c3oc3ccccc34)cc2)c2cccc(-c3cccc4sc5ccccc5c34)c2)c1. The van der Waals surface area contributed by atoms with Gasteiger partial charge < -0.3 is 9.32 Å². The minimum atomic E-state index is 0.907. The van der Waals surface area contributed by atoms with E-state index in [1.165, 1.54) is 53.2 Å². The molecule has 55 heavy (non-hydrogen) atoms. The molecule has 0 aliphatic rings. The number of para-hydroxylation sites is 2. The van der Waals surface area contributed by atoms with Crippen molar-refractivity contribution >= 4 is 81.3 Å². The number of nitrogens with zero attached hydrogens (tertiary/aromatic N) is 1. The van der Waals surface area contributed by atoms with Crippen LogP contribution in [0.3, 0.4) is 0 Å². The van der Waals surface area contributed by atoms with E-state index in [-0.39, 0.29) is 0 Å². The van der Waals surface area contributed by atoms with Gasteiger partial charge in [-0.15, -0.1) is 11.3 Å². The lowest BCUT2D eigenvalue weighted by Crippen LogP contribution is -2.10. The quantitative estimate of drug-likeness (QED) is 0.170. The number of benzene rings is 9. The van der Waals surface area contributed by atoms with Gasteiger partial charge in [0.1, 0.15) is 11.2 Å². The summed E-state index contributed by atoms with van der Waals surface area (Å²) in [5, 5.41) is 7.37. The van der Waals surface area contributed by atoms with Crippen molar-refractivity contribution in [2.75, 3.05) is 4.90 Å². The highest BCUT2D eigenvalue weighted by Gasteiger charge is 2.18. The van der Waals surface area contributed by atoms with Crippen molar-refractivity contribution in [3.63, 3.8) is 0 Å². The van der Waals surface area contributed by atoms with Crippen LogP contribution < -0.4 is 4.90 Å². The predicted octanol–water partition coefficient (Wildman–Crippen LogP) is 15.6. The third-order valence-corrected chi connectivity index (χ3v) is 12.0. The summed E-state index contributed by atoms with van der Waals surface area (Å²) >= 11 is 1.86. The van der Waals surface area contributed by atoms with Crippen molar-refractivity contribution in [1.29, 1.82) is 0 Å². The van der Waals surface area contributed by atoms with Gasteiger partial charge in [-0.25, -0.2) is 0 Å². The van der Waals surface area contributed by atoms with E-state index in [1.807, 2.05) is 23.5 Å². The highest BCUT2D eigenvalue weighted by Crippen LogP contribution is 2.44. The van der Waals surface area contributed by atoms with E-state index >= 15 is 0 Å². The number of rotatable bonds is 6. The summed E-state index contributed by atoms with van der Waals surface area (Å²) < 4.78 is 9.05. The molecule has 0 N–H and O–H groups in total. The molecule has 0 fully saturated rings. The van der Waals surface area contributed by atoms with Crippen molar-refractivity contribution in [1.82, 2.24) is 0 Å². The maximum atomic E-state index is 6.43. The maximum Gasteiger partial charge on any atom is 0.143 e. The van der Waals surface area contributed by atoms with Crippen molar-refractivity contribution in [2.24, 2.45) is 0 Å². The second-order valence-corrected chi connectivity index (χ2v) is 15.2. The molecule has 2 heterocycles. The Morgan fingerprint density at radius 2 is 0.982 bits per heavy atom. The summed E-state index contributed by atoms with van der Waals surface area (Å²) in [7, 11) is 0. The lowest BCUT2D eigenvalue weighted by Gasteiger charge is -2.27. The molecule has 0 radical (unpaired) electrons. The average Bonchev–Trinajstić information content (AvgIpc) is 3.83. The van der Waals surface area contributed by atoms with Crippen LogP contribution in [0.1, 0.15) is 0 Å². The van der Waals surface area contributed by atoms with Gasteiger partial charge in [0.15, 0.2) is 0 Å². The molecule has 0 saturated heterocycles. The van der Waals surface area contributed by atoms with Gasteiger partial charge in [-0.3, -0.25) is 0 Å². The van der Waals surface area contributed by atoms with Crippen LogP contribution >= 0.6 is 11.3 Å². The summed E-state index contributed by atoms with van der Waals surface area (Å²) in [6, 6.07) is 72.3. The topological polar surface area (TPSA) is 16.4 Å². The first-order chi connectivity index (χ1) is 27.2. The van der Waals surface area contributed by atoms with Gasteiger partial charge in [0.05, 0.1) is 0 Å². The zero-order valence-electron chi connectivity index (χ0n) is 29.8. The van der Waals surface area contributed by atoms with Gasteiger partial charge in [-0.1, -0.05) is 140 Å². The molecule has 2 aromatic heterocycles. The van der Waals surface area contributed by atoms with Crippen LogP contribution in [0.15, 0.2) is 205 Å². The van der Waals surface area contributed by atoms with Gasteiger partial charge in [-0.2, -0.15) is 0 Å². The highest BCUT2D eigenvalue weighted by molar-refractivity contribution is 7.25. The Hall–Kier alpha value is -6.94. The van der Waals surface area contributed by atoms with Gasteiger partial charge in [-0.05, 0) is 99.3 Å². The number of anilines is 3. The van der Waals surface area contributed by atoms with Crippen LogP contribution in [-0.2, 0) is 0 Å². The van der Waals surface area contributed by atoms with E-state index in [9.17, 15) is 0 Å². The lowest BCUT2D eigenvalue weighted by atomic mass is 9.98. The van der Waals surface area contributed by atoms with Gasteiger partial charge in [0.2, 0.25) is 0 Å². The molecule has 3 heteroatoms. The number of hydrogen-bond acceptors (Lipinski definition) is 3. The predicted molar refractivity (Wildman–Crippen MR) is 235 cm³/mol. The Morgan fingerprint density at radius 3 is 1.85 bits per heavy atom. The van der Waals surface area contributed by atoms with Crippen molar-refractivity contribution in [2.45, 2.75) is 0 Å². The Bertz CT molecular complexity index is 3220. The van der Waals surface area contributed by atoms with Crippen LogP contribution in [0.4, 0.5) is 17.1 Å². The number of furan rings is 1. The van der Waals surface area contributed by atoms with Crippen molar-refractivity contribution in [3.8, 4) is 33.4 Å². The second-order valence-electron chi connectivity index (χ2n) is 14.1. The molecule has 0 atom stereocenters. The summed E-state index contributed by atoms with van der Waals surface area (Å²) in [5.41, 5.74) is 12.1. The molecule has 11 aromatic rings. The third kappa shape index (κ3) is 5.40. The van der Waals surface area contributed by atoms with Crippen LogP contribution in [-0.4, -0.2) is 0 Å². The third-order valence-electron chi connectivity index (χ3n) is 10.8.